The summed E-state index contributed by atoms with van der Waals surface area (Å²) in [6.07, 6.45) is 2.86. The molecular formula is C15H19N3O. The first-order valence-electron chi connectivity index (χ1n) is 6.48. The molecule has 0 fully saturated rings. The molecule has 0 atom stereocenters. The van der Waals surface area contributed by atoms with Gasteiger partial charge in [0.15, 0.2) is 5.82 Å². The second-order valence-electron chi connectivity index (χ2n) is 4.32. The third-order valence-electron chi connectivity index (χ3n) is 2.73. The van der Waals surface area contributed by atoms with Gasteiger partial charge in [-0.2, -0.15) is 0 Å². The molecule has 0 amide bonds. The van der Waals surface area contributed by atoms with Gasteiger partial charge in [0.25, 0.3) is 0 Å². The van der Waals surface area contributed by atoms with Crippen LogP contribution in [0.1, 0.15) is 18.9 Å². The molecule has 1 heterocycles. The Labute approximate surface area is 113 Å². The SMILES string of the molecule is CCCNc1ccnc(-c2ccc(COC)cc2)n1. The van der Waals surface area contributed by atoms with Gasteiger partial charge in [0.05, 0.1) is 6.61 Å². The lowest BCUT2D eigenvalue weighted by atomic mass is 10.1. The number of rotatable bonds is 6. The van der Waals surface area contributed by atoms with E-state index in [2.05, 4.69) is 22.2 Å². The van der Waals surface area contributed by atoms with Crippen LogP contribution in [0.25, 0.3) is 11.4 Å². The Morgan fingerprint density at radius 1 is 1.16 bits per heavy atom. The van der Waals surface area contributed by atoms with Crippen LogP contribution in [0.15, 0.2) is 36.5 Å². The summed E-state index contributed by atoms with van der Waals surface area (Å²) < 4.78 is 5.10. The Morgan fingerprint density at radius 3 is 2.63 bits per heavy atom. The minimum Gasteiger partial charge on any atom is -0.380 e. The molecule has 0 radical (unpaired) electrons. The zero-order chi connectivity index (χ0) is 13.5. The molecule has 0 saturated heterocycles. The minimum atomic E-state index is 0.624. The number of nitrogens with one attached hydrogen (secondary N) is 1. The molecule has 0 spiro atoms. The normalized spacial score (nSPS) is 10.4. The van der Waals surface area contributed by atoms with Crippen LogP contribution in [0, 0.1) is 0 Å². The average molecular weight is 257 g/mol. The first-order valence-corrected chi connectivity index (χ1v) is 6.48. The molecule has 1 aromatic carbocycles. The standard InChI is InChI=1S/C15H19N3O/c1-3-9-16-14-8-10-17-15(18-14)13-6-4-12(5-7-13)11-19-2/h4-8,10H,3,9,11H2,1-2H3,(H,16,17,18). The van der Waals surface area contributed by atoms with Gasteiger partial charge < -0.3 is 10.1 Å². The summed E-state index contributed by atoms with van der Waals surface area (Å²) in [6, 6.07) is 10.0. The number of benzene rings is 1. The fourth-order valence-corrected chi connectivity index (χ4v) is 1.77. The van der Waals surface area contributed by atoms with Crippen molar-refractivity contribution in [2.75, 3.05) is 19.0 Å². The Bertz CT molecular complexity index is 511. The van der Waals surface area contributed by atoms with E-state index >= 15 is 0 Å². The van der Waals surface area contributed by atoms with Crippen LogP contribution < -0.4 is 5.32 Å². The van der Waals surface area contributed by atoms with Crippen LogP contribution in [-0.2, 0) is 11.3 Å². The monoisotopic (exact) mass is 257 g/mol. The predicted octanol–water partition coefficient (Wildman–Crippen LogP) is 3.11. The lowest BCUT2D eigenvalue weighted by molar-refractivity contribution is 0.185. The zero-order valence-corrected chi connectivity index (χ0v) is 11.4. The number of aromatic nitrogens is 2. The van der Waals surface area contributed by atoms with Crippen molar-refractivity contribution in [3.05, 3.63) is 42.1 Å². The van der Waals surface area contributed by atoms with Crippen molar-refractivity contribution in [2.45, 2.75) is 20.0 Å². The maximum Gasteiger partial charge on any atom is 0.161 e. The molecule has 0 unspecified atom stereocenters. The van der Waals surface area contributed by atoms with E-state index in [1.54, 1.807) is 13.3 Å². The summed E-state index contributed by atoms with van der Waals surface area (Å²) in [5.74, 6) is 1.61. The molecule has 19 heavy (non-hydrogen) atoms. The molecule has 100 valence electrons. The Morgan fingerprint density at radius 2 is 1.95 bits per heavy atom. The topological polar surface area (TPSA) is 47.0 Å². The smallest absolute Gasteiger partial charge is 0.161 e. The quantitative estimate of drug-likeness (QED) is 0.863. The number of hydrogen-bond donors (Lipinski definition) is 1. The fourth-order valence-electron chi connectivity index (χ4n) is 1.77. The van der Waals surface area contributed by atoms with Crippen molar-refractivity contribution in [3.63, 3.8) is 0 Å². The van der Waals surface area contributed by atoms with Gasteiger partial charge in [-0.3, -0.25) is 0 Å². The van der Waals surface area contributed by atoms with Crippen LogP contribution >= 0.6 is 0 Å². The summed E-state index contributed by atoms with van der Waals surface area (Å²) in [6.45, 7) is 3.67. The van der Waals surface area contributed by atoms with Crippen LogP contribution in [0.2, 0.25) is 0 Å². The van der Waals surface area contributed by atoms with E-state index in [1.165, 1.54) is 0 Å². The van der Waals surface area contributed by atoms with Crippen molar-refractivity contribution in [2.24, 2.45) is 0 Å². The van der Waals surface area contributed by atoms with Gasteiger partial charge in [0.2, 0.25) is 0 Å². The van der Waals surface area contributed by atoms with E-state index < -0.39 is 0 Å². The zero-order valence-electron chi connectivity index (χ0n) is 11.4. The molecule has 2 rings (SSSR count). The molecule has 0 aliphatic heterocycles. The molecule has 0 aliphatic carbocycles. The minimum absolute atomic E-state index is 0.624. The largest absolute Gasteiger partial charge is 0.380 e. The first-order chi connectivity index (χ1) is 9.33. The molecule has 2 aromatic rings. The highest BCUT2D eigenvalue weighted by atomic mass is 16.5. The van der Waals surface area contributed by atoms with Gasteiger partial charge in [-0.25, -0.2) is 9.97 Å². The van der Waals surface area contributed by atoms with E-state index in [-0.39, 0.29) is 0 Å². The number of anilines is 1. The number of methoxy groups -OCH3 is 1. The lowest BCUT2D eigenvalue weighted by Gasteiger charge is -2.06. The van der Waals surface area contributed by atoms with Crippen LogP contribution in [0.5, 0.6) is 0 Å². The van der Waals surface area contributed by atoms with E-state index in [9.17, 15) is 0 Å². The van der Waals surface area contributed by atoms with Gasteiger partial charge in [-0.05, 0) is 18.1 Å². The van der Waals surface area contributed by atoms with Gasteiger partial charge in [-0.15, -0.1) is 0 Å². The van der Waals surface area contributed by atoms with Gasteiger partial charge in [-0.1, -0.05) is 31.2 Å². The van der Waals surface area contributed by atoms with E-state index in [0.29, 0.717) is 6.61 Å². The van der Waals surface area contributed by atoms with Gasteiger partial charge >= 0.3 is 0 Å². The van der Waals surface area contributed by atoms with Crippen molar-refractivity contribution >= 4 is 5.82 Å². The molecule has 1 N–H and O–H groups in total. The van der Waals surface area contributed by atoms with E-state index in [4.69, 9.17) is 4.74 Å². The summed E-state index contributed by atoms with van der Waals surface area (Å²) in [7, 11) is 1.69. The number of hydrogen-bond acceptors (Lipinski definition) is 4. The molecule has 0 saturated carbocycles. The second-order valence-corrected chi connectivity index (χ2v) is 4.32. The molecular weight excluding hydrogens is 238 g/mol. The van der Waals surface area contributed by atoms with Crippen molar-refractivity contribution in [3.8, 4) is 11.4 Å². The molecule has 4 nitrogen and oxygen atoms in total. The van der Waals surface area contributed by atoms with Crippen molar-refractivity contribution in [1.29, 1.82) is 0 Å². The van der Waals surface area contributed by atoms with Crippen molar-refractivity contribution < 1.29 is 4.74 Å². The maximum absolute atomic E-state index is 5.10. The van der Waals surface area contributed by atoms with E-state index in [0.717, 1.165) is 35.7 Å². The Balaban J connectivity index is 2.16. The highest BCUT2D eigenvalue weighted by molar-refractivity contribution is 5.57. The highest BCUT2D eigenvalue weighted by Gasteiger charge is 2.02. The van der Waals surface area contributed by atoms with Crippen molar-refractivity contribution in [1.82, 2.24) is 9.97 Å². The molecule has 1 aromatic heterocycles. The molecule has 0 aliphatic rings. The number of ether oxygens (including phenoxy) is 1. The summed E-state index contributed by atoms with van der Waals surface area (Å²) in [5, 5.41) is 3.27. The molecule has 0 bridgehead atoms. The third-order valence-corrected chi connectivity index (χ3v) is 2.73. The fraction of sp³-hybridized carbons (Fsp3) is 0.333. The van der Waals surface area contributed by atoms with Gasteiger partial charge in [0.1, 0.15) is 5.82 Å². The summed E-state index contributed by atoms with van der Waals surface area (Å²) >= 11 is 0. The third kappa shape index (κ3) is 3.76. The Kier molecular flexibility index (Phi) is 4.86. The van der Waals surface area contributed by atoms with E-state index in [1.807, 2.05) is 30.3 Å². The summed E-state index contributed by atoms with van der Waals surface area (Å²) in [4.78, 5) is 8.81. The maximum atomic E-state index is 5.10. The summed E-state index contributed by atoms with van der Waals surface area (Å²) in [5.41, 5.74) is 2.16. The molecule has 4 heteroatoms. The number of nitrogens with zero attached hydrogens (tertiary/aromatic N) is 2. The van der Waals surface area contributed by atoms with Crippen LogP contribution in [0.4, 0.5) is 5.82 Å². The highest BCUT2D eigenvalue weighted by Crippen LogP contribution is 2.17. The second kappa shape index (κ2) is 6.85. The lowest BCUT2D eigenvalue weighted by Crippen LogP contribution is -2.03. The predicted molar refractivity (Wildman–Crippen MR) is 77.0 cm³/mol. The van der Waals surface area contributed by atoms with Gasteiger partial charge in [0, 0.05) is 25.4 Å². The van der Waals surface area contributed by atoms with Crippen LogP contribution in [-0.4, -0.2) is 23.6 Å². The Hall–Kier alpha value is -1.94. The average Bonchev–Trinajstić information content (AvgIpc) is 2.46. The van der Waals surface area contributed by atoms with Crippen LogP contribution in [0.3, 0.4) is 0 Å². The first kappa shape index (κ1) is 13.5.